The number of ether oxygens (including phenoxy) is 2. The van der Waals surface area contributed by atoms with Gasteiger partial charge < -0.3 is 19.1 Å². The topological polar surface area (TPSA) is 94.1 Å². The van der Waals surface area contributed by atoms with Gasteiger partial charge in [0.1, 0.15) is 18.2 Å². The third kappa shape index (κ3) is 5.92. The molecule has 0 amide bonds. The number of aromatic carboxylic acids is 1. The predicted octanol–water partition coefficient (Wildman–Crippen LogP) is 5.57. The van der Waals surface area contributed by atoms with Crippen LogP contribution in [-0.4, -0.2) is 56.3 Å². The number of carboxylic acid groups (broad SMARTS) is 1. The molecule has 10 heteroatoms. The van der Waals surface area contributed by atoms with Crippen molar-refractivity contribution < 1.29 is 23.8 Å². The first-order chi connectivity index (χ1) is 20.0. The van der Waals surface area contributed by atoms with E-state index in [2.05, 4.69) is 14.3 Å². The summed E-state index contributed by atoms with van der Waals surface area (Å²) in [6.45, 7) is 10.9. The van der Waals surface area contributed by atoms with Crippen molar-refractivity contribution in [1.82, 2.24) is 19.4 Å². The van der Waals surface area contributed by atoms with Gasteiger partial charge in [-0.3, -0.25) is 4.90 Å². The molecule has 0 spiro atoms. The molecule has 0 bridgehead atoms. The summed E-state index contributed by atoms with van der Waals surface area (Å²) in [4.78, 5) is 26.8. The van der Waals surface area contributed by atoms with Gasteiger partial charge in [0.2, 0.25) is 5.88 Å². The van der Waals surface area contributed by atoms with Gasteiger partial charge in [-0.05, 0) is 62.7 Å². The SMILES string of the molecule is [C-]#[N+]c1ccc(COc2cccc(C3CCN(Cc4nc5ccc(C(=O)O)cc5n4C[C@@H]4CCO4)CC3)n2)c(F)c1. The highest BCUT2D eigenvalue weighted by Gasteiger charge is 2.26. The van der Waals surface area contributed by atoms with Gasteiger partial charge in [-0.25, -0.2) is 24.0 Å². The van der Waals surface area contributed by atoms with E-state index in [1.165, 1.54) is 6.07 Å². The molecule has 1 atom stereocenters. The Morgan fingerprint density at radius 1 is 1.12 bits per heavy atom. The maximum atomic E-state index is 14.2. The highest BCUT2D eigenvalue weighted by atomic mass is 19.1. The highest BCUT2D eigenvalue weighted by molar-refractivity contribution is 5.92. The van der Waals surface area contributed by atoms with Gasteiger partial charge in [-0.15, -0.1) is 0 Å². The minimum atomic E-state index is -0.950. The quantitative estimate of drug-likeness (QED) is 0.270. The van der Waals surface area contributed by atoms with E-state index in [0.717, 1.165) is 61.5 Å². The van der Waals surface area contributed by atoms with Gasteiger partial charge in [0.15, 0.2) is 5.69 Å². The lowest BCUT2D eigenvalue weighted by Crippen LogP contribution is -2.35. The number of carbonyl (C=O) groups is 1. The van der Waals surface area contributed by atoms with Gasteiger partial charge in [-0.1, -0.05) is 18.2 Å². The standard InChI is InChI=1S/C31H30FN5O4/c1-33-23-7-5-22(25(32)16-23)19-41-30-4-2-3-26(35-30)20-9-12-36(13-10-20)18-29-34-27-8-6-21(31(38)39)15-28(27)37(29)17-24-11-14-40-24/h2-8,15-16,20,24H,9-14,17-19H2,(H,38,39)/t24-/m0/s1. The number of hydrogen-bond acceptors (Lipinski definition) is 6. The minimum absolute atomic E-state index is 0.0415. The molecule has 210 valence electrons. The molecular formula is C31H30FN5O4. The number of carboxylic acids is 1. The average Bonchev–Trinajstić information content (AvgIpc) is 3.30. The first-order valence-corrected chi connectivity index (χ1v) is 13.8. The molecule has 0 radical (unpaired) electrons. The number of fused-ring (bicyclic) bond motifs is 1. The molecule has 0 unspecified atom stereocenters. The summed E-state index contributed by atoms with van der Waals surface area (Å²) < 4.78 is 27.8. The third-order valence-corrected chi connectivity index (χ3v) is 7.91. The zero-order chi connectivity index (χ0) is 28.3. The molecule has 41 heavy (non-hydrogen) atoms. The molecule has 2 fully saturated rings. The largest absolute Gasteiger partial charge is 0.478 e. The second-order valence-corrected chi connectivity index (χ2v) is 10.6. The number of aromatic nitrogens is 3. The third-order valence-electron chi connectivity index (χ3n) is 7.91. The van der Waals surface area contributed by atoms with Crippen LogP contribution in [0.5, 0.6) is 5.88 Å². The first-order valence-electron chi connectivity index (χ1n) is 13.8. The molecule has 2 aromatic heterocycles. The number of piperidine rings is 1. The summed E-state index contributed by atoms with van der Waals surface area (Å²) in [7, 11) is 0. The van der Waals surface area contributed by atoms with Crippen molar-refractivity contribution in [3.05, 3.63) is 94.5 Å². The Balaban J connectivity index is 1.10. The second-order valence-electron chi connectivity index (χ2n) is 10.6. The van der Waals surface area contributed by atoms with Gasteiger partial charge in [0.25, 0.3) is 0 Å². The molecule has 0 aliphatic carbocycles. The van der Waals surface area contributed by atoms with Crippen molar-refractivity contribution in [2.45, 2.75) is 51.0 Å². The molecule has 4 heterocycles. The van der Waals surface area contributed by atoms with Crippen molar-refractivity contribution in [2.75, 3.05) is 19.7 Å². The number of rotatable bonds is 9. The van der Waals surface area contributed by atoms with Crippen LogP contribution in [-0.2, 0) is 24.4 Å². The van der Waals surface area contributed by atoms with E-state index < -0.39 is 11.8 Å². The fraction of sp³-hybridized carbons (Fsp3) is 0.355. The summed E-state index contributed by atoms with van der Waals surface area (Å²) in [5.74, 6) is 0.240. The van der Waals surface area contributed by atoms with E-state index in [1.807, 2.05) is 12.1 Å². The van der Waals surface area contributed by atoms with E-state index in [1.54, 1.807) is 36.4 Å². The number of pyridine rings is 1. The van der Waals surface area contributed by atoms with Crippen molar-refractivity contribution in [3.63, 3.8) is 0 Å². The molecule has 2 saturated heterocycles. The number of imidazole rings is 1. The van der Waals surface area contributed by atoms with Crippen LogP contribution in [0.25, 0.3) is 15.9 Å². The van der Waals surface area contributed by atoms with Crippen LogP contribution < -0.4 is 4.74 Å². The Labute approximate surface area is 237 Å². The van der Waals surface area contributed by atoms with Crippen LogP contribution in [0.4, 0.5) is 10.1 Å². The van der Waals surface area contributed by atoms with E-state index in [-0.39, 0.29) is 29.9 Å². The molecule has 2 aromatic carbocycles. The number of benzene rings is 2. The first kappa shape index (κ1) is 26.9. The van der Waals surface area contributed by atoms with E-state index in [0.29, 0.717) is 24.5 Å². The smallest absolute Gasteiger partial charge is 0.335 e. The van der Waals surface area contributed by atoms with Crippen molar-refractivity contribution >= 4 is 22.7 Å². The summed E-state index contributed by atoms with van der Waals surface area (Å²) in [5, 5.41) is 9.49. The number of hydrogen-bond donors (Lipinski definition) is 1. The Hall–Kier alpha value is -4.33. The lowest BCUT2D eigenvalue weighted by atomic mass is 9.93. The van der Waals surface area contributed by atoms with Crippen LogP contribution in [0.2, 0.25) is 0 Å². The highest BCUT2D eigenvalue weighted by Crippen LogP contribution is 2.30. The van der Waals surface area contributed by atoms with Gasteiger partial charge in [0, 0.05) is 29.8 Å². The average molecular weight is 556 g/mol. The fourth-order valence-electron chi connectivity index (χ4n) is 5.46. The van der Waals surface area contributed by atoms with E-state index in [4.69, 9.17) is 26.0 Å². The lowest BCUT2D eigenvalue weighted by Gasteiger charge is -2.32. The molecule has 0 saturated carbocycles. The number of halogens is 1. The van der Waals surface area contributed by atoms with Gasteiger partial charge in [-0.2, -0.15) is 0 Å². The Bertz CT molecular complexity index is 1620. The lowest BCUT2D eigenvalue weighted by molar-refractivity contribution is -0.0592. The van der Waals surface area contributed by atoms with Crippen LogP contribution >= 0.6 is 0 Å². The van der Waals surface area contributed by atoms with Crippen molar-refractivity contribution in [1.29, 1.82) is 0 Å². The maximum Gasteiger partial charge on any atom is 0.335 e. The van der Waals surface area contributed by atoms with E-state index in [9.17, 15) is 14.3 Å². The monoisotopic (exact) mass is 555 g/mol. The number of likely N-dealkylation sites (tertiary alicyclic amines) is 1. The second kappa shape index (κ2) is 11.6. The Morgan fingerprint density at radius 3 is 2.66 bits per heavy atom. The Kier molecular flexibility index (Phi) is 7.63. The minimum Gasteiger partial charge on any atom is -0.478 e. The van der Waals surface area contributed by atoms with Gasteiger partial charge in [0.05, 0.1) is 42.4 Å². The summed E-state index contributed by atoms with van der Waals surface area (Å²) in [6.07, 6.45) is 2.97. The predicted molar refractivity (Wildman–Crippen MR) is 150 cm³/mol. The molecule has 2 aliphatic rings. The van der Waals surface area contributed by atoms with Crippen molar-refractivity contribution in [3.8, 4) is 5.88 Å². The summed E-state index contributed by atoms with van der Waals surface area (Å²) in [5.41, 5.74) is 3.47. The molecular weight excluding hydrogens is 525 g/mol. The van der Waals surface area contributed by atoms with Crippen LogP contribution in [0, 0.1) is 12.4 Å². The molecule has 9 nitrogen and oxygen atoms in total. The molecule has 6 rings (SSSR count). The van der Waals surface area contributed by atoms with Crippen LogP contribution in [0.1, 0.15) is 52.6 Å². The van der Waals surface area contributed by atoms with Crippen molar-refractivity contribution in [2.24, 2.45) is 0 Å². The molecule has 1 N–H and O–H groups in total. The fourth-order valence-corrected chi connectivity index (χ4v) is 5.46. The normalized spacial score (nSPS) is 17.7. The molecule has 2 aliphatic heterocycles. The van der Waals surface area contributed by atoms with E-state index >= 15 is 0 Å². The van der Waals surface area contributed by atoms with Crippen LogP contribution in [0.3, 0.4) is 0 Å². The van der Waals surface area contributed by atoms with Gasteiger partial charge >= 0.3 is 5.97 Å². The summed E-state index contributed by atoms with van der Waals surface area (Å²) >= 11 is 0. The molecule has 4 aromatic rings. The van der Waals surface area contributed by atoms with Crippen LogP contribution in [0.15, 0.2) is 54.6 Å². The zero-order valence-corrected chi connectivity index (χ0v) is 22.5. The zero-order valence-electron chi connectivity index (χ0n) is 22.5. The summed E-state index contributed by atoms with van der Waals surface area (Å²) in [6, 6.07) is 15.2. The number of nitrogens with zero attached hydrogens (tertiary/aromatic N) is 5. The Morgan fingerprint density at radius 2 is 1.95 bits per heavy atom. The maximum absolute atomic E-state index is 14.2.